The van der Waals surface area contributed by atoms with E-state index in [-0.39, 0.29) is 0 Å². The molecule has 112 valence electrons. The molecule has 1 aromatic heterocycles. The van der Waals surface area contributed by atoms with Gasteiger partial charge in [-0.3, -0.25) is 0 Å². The van der Waals surface area contributed by atoms with E-state index < -0.39 is 0 Å². The van der Waals surface area contributed by atoms with Crippen molar-refractivity contribution in [2.75, 3.05) is 26.7 Å². The minimum absolute atomic E-state index is 0.685. The predicted octanol–water partition coefficient (Wildman–Crippen LogP) is 2.44. The standard InChI is InChI=1S/C16H27N3O/c1-3-10-17-13-14-6-4-8-16(18-14)20-12-9-15-7-5-11-19(15)2/h4,6,8,15,17H,3,5,7,9-13H2,1-2H3. The maximum Gasteiger partial charge on any atom is 0.213 e. The topological polar surface area (TPSA) is 37.4 Å². The summed E-state index contributed by atoms with van der Waals surface area (Å²) >= 11 is 0. The summed E-state index contributed by atoms with van der Waals surface area (Å²) in [6.45, 7) is 5.99. The van der Waals surface area contributed by atoms with Crippen molar-refractivity contribution in [3.8, 4) is 5.88 Å². The number of pyridine rings is 1. The lowest BCUT2D eigenvalue weighted by Crippen LogP contribution is -2.26. The monoisotopic (exact) mass is 277 g/mol. The molecule has 1 aliphatic heterocycles. The Morgan fingerprint density at radius 3 is 3.10 bits per heavy atom. The maximum atomic E-state index is 5.80. The van der Waals surface area contributed by atoms with E-state index in [4.69, 9.17) is 4.74 Å². The Bertz CT molecular complexity index is 397. The molecule has 0 bridgehead atoms. The van der Waals surface area contributed by atoms with Crippen molar-refractivity contribution >= 4 is 0 Å². The number of hydrogen-bond donors (Lipinski definition) is 1. The average Bonchev–Trinajstić information content (AvgIpc) is 2.85. The lowest BCUT2D eigenvalue weighted by molar-refractivity contribution is 0.228. The highest BCUT2D eigenvalue weighted by Crippen LogP contribution is 2.18. The summed E-state index contributed by atoms with van der Waals surface area (Å²) in [7, 11) is 2.20. The number of hydrogen-bond acceptors (Lipinski definition) is 4. The van der Waals surface area contributed by atoms with Crippen LogP contribution in [0.2, 0.25) is 0 Å². The largest absolute Gasteiger partial charge is 0.478 e. The SMILES string of the molecule is CCCNCc1cccc(OCCC2CCCN2C)n1. The summed E-state index contributed by atoms with van der Waals surface area (Å²) in [5.41, 5.74) is 1.05. The van der Waals surface area contributed by atoms with E-state index in [0.717, 1.165) is 44.1 Å². The van der Waals surface area contributed by atoms with Crippen molar-refractivity contribution in [2.45, 2.75) is 45.2 Å². The molecule has 4 heteroatoms. The Hall–Kier alpha value is -1.13. The van der Waals surface area contributed by atoms with Crippen LogP contribution in [0.25, 0.3) is 0 Å². The molecular formula is C16H27N3O. The van der Waals surface area contributed by atoms with Crippen LogP contribution >= 0.6 is 0 Å². The number of aromatic nitrogens is 1. The summed E-state index contributed by atoms with van der Waals surface area (Å²) in [6, 6.07) is 6.69. The minimum atomic E-state index is 0.685. The van der Waals surface area contributed by atoms with E-state index in [0.29, 0.717) is 6.04 Å². The zero-order valence-electron chi connectivity index (χ0n) is 12.8. The van der Waals surface area contributed by atoms with Crippen molar-refractivity contribution in [2.24, 2.45) is 0 Å². The zero-order chi connectivity index (χ0) is 14.2. The molecule has 20 heavy (non-hydrogen) atoms. The van der Waals surface area contributed by atoms with Crippen LogP contribution < -0.4 is 10.1 Å². The summed E-state index contributed by atoms with van der Waals surface area (Å²) in [5, 5.41) is 3.36. The second-order valence-electron chi connectivity index (χ2n) is 5.56. The first-order valence-corrected chi connectivity index (χ1v) is 7.79. The Kier molecular flexibility index (Phi) is 6.27. The fourth-order valence-electron chi connectivity index (χ4n) is 2.67. The van der Waals surface area contributed by atoms with Crippen LogP contribution in [0.3, 0.4) is 0 Å². The number of likely N-dealkylation sites (tertiary alicyclic amines) is 1. The van der Waals surface area contributed by atoms with Crippen LogP contribution in [0, 0.1) is 0 Å². The van der Waals surface area contributed by atoms with Gasteiger partial charge in [0.2, 0.25) is 5.88 Å². The Balaban J connectivity index is 1.73. The molecule has 1 atom stereocenters. The van der Waals surface area contributed by atoms with Gasteiger partial charge in [0.1, 0.15) is 0 Å². The number of rotatable bonds is 8. The molecule has 0 amide bonds. The molecule has 0 radical (unpaired) electrons. The van der Waals surface area contributed by atoms with E-state index in [1.807, 2.05) is 18.2 Å². The van der Waals surface area contributed by atoms with Gasteiger partial charge >= 0.3 is 0 Å². The molecule has 1 N–H and O–H groups in total. The number of nitrogens with zero attached hydrogens (tertiary/aromatic N) is 2. The third-order valence-electron chi connectivity index (χ3n) is 3.89. The summed E-state index contributed by atoms with van der Waals surface area (Å²) in [6.07, 6.45) is 4.86. The van der Waals surface area contributed by atoms with Gasteiger partial charge in [0, 0.05) is 18.7 Å². The van der Waals surface area contributed by atoms with Gasteiger partial charge in [0.15, 0.2) is 0 Å². The molecule has 0 spiro atoms. The molecule has 2 rings (SSSR count). The van der Waals surface area contributed by atoms with E-state index in [2.05, 4.69) is 29.2 Å². The van der Waals surface area contributed by atoms with Gasteiger partial charge in [-0.05, 0) is 51.9 Å². The lowest BCUT2D eigenvalue weighted by atomic mass is 10.1. The van der Waals surface area contributed by atoms with E-state index in [9.17, 15) is 0 Å². The molecule has 2 heterocycles. The summed E-state index contributed by atoms with van der Waals surface area (Å²) < 4.78 is 5.80. The maximum absolute atomic E-state index is 5.80. The highest BCUT2D eigenvalue weighted by atomic mass is 16.5. The molecular weight excluding hydrogens is 250 g/mol. The van der Waals surface area contributed by atoms with Crippen molar-refractivity contribution in [1.82, 2.24) is 15.2 Å². The normalized spacial score (nSPS) is 19.4. The first-order chi connectivity index (χ1) is 9.79. The van der Waals surface area contributed by atoms with Gasteiger partial charge in [-0.2, -0.15) is 0 Å². The van der Waals surface area contributed by atoms with Crippen LogP contribution in [-0.2, 0) is 6.54 Å². The van der Waals surface area contributed by atoms with Crippen LogP contribution in [0.5, 0.6) is 5.88 Å². The van der Waals surface area contributed by atoms with E-state index in [1.165, 1.54) is 19.4 Å². The number of ether oxygens (including phenoxy) is 1. The minimum Gasteiger partial charge on any atom is -0.478 e. The van der Waals surface area contributed by atoms with Crippen LogP contribution in [0.4, 0.5) is 0 Å². The van der Waals surface area contributed by atoms with Gasteiger partial charge in [-0.15, -0.1) is 0 Å². The molecule has 0 aromatic carbocycles. The van der Waals surface area contributed by atoms with Crippen molar-refractivity contribution in [1.29, 1.82) is 0 Å². The lowest BCUT2D eigenvalue weighted by Gasteiger charge is -2.19. The fourth-order valence-corrected chi connectivity index (χ4v) is 2.67. The van der Waals surface area contributed by atoms with Gasteiger partial charge in [-0.1, -0.05) is 13.0 Å². The predicted molar refractivity (Wildman–Crippen MR) is 82.0 cm³/mol. The van der Waals surface area contributed by atoms with Gasteiger partial charge < -0.3 is 15.0 Å². The Morgan fingerprint density at radius 2 is 2.35 bits per heavy atom. The van der Waals surface area contributed by atoms with Crippen molar-refractivity contribution in [3.05, 3.63) is 23.9 Å². The summed E-state index contributed by atoms with van der Waals surface area (Å²) in [5.74, 6) is 0.751. The van der Waals surface area contributed by atoms with Crippen LogP contribution in [0.1, 0.15) is 38.3 Å². The quantitative estimate of drug-likeness (QED) is 0.741. The van der Waals surface area contributed by atoms with Crippen LogP contribution in [-0.4, -0.2) is 42.7 Å². The van der Waals surface area contributed by atoms with E-state index >= 15 is 0 Å². The summed E-state index contributed by atoms with van der Waals surface area (Å²) in [4.78, 5) is 6.96. The molecule has 4 nitrogen and oxygen atoms in total. The Labute approximate surface area is 122 Å². The molecule has 1 aromatic rings. The first kappa shape index (κ1) is 15.3. The first-order valence-electron chi connectivity index (χ1n) is 7.79. The second kappa shape index (κ2) is 8.22. The third-order valence-corrected chi connectivity index (χ3v) is 3.89. The highest BCUT2D eigenvalue weighted by molar-refractivity contribution is 5.15. The smallest absolute Gasteiger partial charge is 0.213 e. The van der Waals surface area contributed by atoms with E-state index in [1.54, 1.807) is 0 Å². The molecule has 1 unspecified atom stereocenters. The molecule has 0 aliphatic carbocycles. The van der Waals surface area contributed by atoms with Gasteiger partial charge in [0.05, 0.1) is 12.3 Å². The molecule has 0 saturated carbocycles. The third kappa shape index (κ3) is 4.76. The average molecular weight is 277 g/mol. The molecule has 1 saturated heterocycles. The Morgan fingerprint density at radius 1 is 1.45 bits per heavy atom. The van der Waals surface area contributed by atoms with Crippen molar-refractivity contribution < 1.29 is 4.74 Å². The fraction of sp³-hybridized carbons (Fsp3) is 0.688. The molecule has 1 aliphatic rings. The second-order valence-corrected chi connectivity index (χ2v) is 5.56. The number of nitrogens with one attached hydrogen (secondary N) is 1. The molecule has 1 fully saturated rings. The van der Waals surface area contributed by atoms with Gasteiger partial charge in [-0.25, -0.2) is 4.98 Å². The van der Waals surface area contributed by atoms with Gasteiger partial charge in [0.25, 0.3) is 0 Å². The highest BCUT2D eigenvalue weighted by Gasteiger charge is 2.20. The zero-order valence-corrected chi connectivity index (χ0v) is 12.8. The van der Waals surface area contributed by atoms with Crippen LogP contribution in [0.15, 0.2) is 18.2 Å². The van der Waals surface area contributed by atoms with Crippen molar-refractivity contribution in [3.63, 3.8) is 0 Å².